The molecule has 0 amide bonds. The van der Waals surface area contributed by atoms with Gasteiger partial charge in [-0.05, 0) is 24.0 Å². The summed E-state index contributed by atoms with van der Waals surface area (Å²) in [4.78, 5) is 12.7. The van der Waals surface area contributed by atoms with Crippen molar-refractivity contribution in [3.05, 3.63) is 5.82 Å². The van der Waals surface area contributed by atoms with Crippen LogP contribution in [-0.4, -0.2) is 37.8 Å². The van der Waals surface area contributed by atoms with Crippen molar-refractivity contribution >= 4 is 5.97 Å². The first-order valence-electron chi connectivity index (χ1n) is 5.25. The third-order valence-corrected chi connectivity index (χ3v) is 3.17. The van der Waals surface area contributed by atoms with Gasteiger partial charge in [-0.3, -0.25) is 4.79 Å². The molecule has 0 saturated heterocycles. The van der Waals surface area contributed by atoms with Gasteiger partial charge in [-0.2, -0.15) is 4.80 Å². The Bertz CT molecular complexity index is 400. The minimum absolute atomic E-state index is 0.116. The lowest BCUT2D eigenvalue weighted by Crippen LogP contribution is -2.43. The zero-order valence-corrected chi connectivity index (χ0v) is 9.13. The predicted molar refractivity (Wildman–Crippen MR) is 54.3 cm³/mol. The highest BCUT2D eigenvalue weighted by Gasteiger charge is 2.51. The zero-order chi connectivity index (χ0) is 11.8. The summed E-state index contributed by atoms with van der Waals surface area (Å²) in [5.41, 5.74) is 4.73. The standard InChI is InChI=1S/C9H15N5O2/c1-14-12-7(11-13-14)4-9(5-10,8(15)16)6-2-3-6/h6H,2-5,10H2,1H3,(H,15,16). The van der Waals surface area contributed by atoms with Crippen LogP contribution < -0.4 is 5.73 Å². The van der Waals surface area contributed by atoms with E-state index in [4.69, 9.17) is 5.73 Å². The van der Waals surface area contributed by atoms with Crippen LogP contribution in [0.1, 0.15) is 18.7 Å². The minimum Gasteiger partial charge on any atom is -0.481 e. The van der Waals surface area contributed by atoms with E-state index in [2.05, 4.69) is 15.4 Å². The Morgan fingerprint density at radius 3 is 2.75 bits per heavy atom. The fraction of sp³-hybridized carbons (Fsp3) is 0.778. The highest BCUT2D eigenvalue weighted by molar-refractivity contribution is 5.76. The number of carboxylic acid groups (broad SMARTS) is 1. The molecule has 1 aromatic heterocycles. The fourth-order valence-electron chi connectivity index (χ4n) is 2.03. The van der Waals surface area contributed by atoms with E-state index in [1.165, 1.54) is 4.80 Å². The largest absolute Gasteiger partial charge is 0.481 e. The van der Waals surface area contributed by atoms with Gasteiger partial charge in [-0.25, -0.2) is 0 Å². The summed E-state index contributed by atoms with van der Waals surface area (Å²) in [6.45, 7) is 0.116. The maximum absolute atomic E-state index is 11.4. The van der Waals surface area contributed by atoms with Gasteiger partial charge in [0, 0.05) is 13.0 Å². The summed E-state index contributed by atoms with van der Waals surface area (Å²) < 4.78 is 0. The molecule has 88 valence electrons. The summed E-state index contributed by atoms with van der Waals surface area (Å²) >= 11 is 0. The van der Waals surface area contributed by atoms with Gasteiger partial charge in [0.05, 0.1) is 12.5 Å². The lowest BCUT2D eigenvalue weighted by Gasteiger charge is -2.26. The molecule has 3 N–H and O–H groups in total. The molecule has 0 radical (unpaired) electrons. The second-order valence-electron chi connectivity index (χ2n) is 4.31. The molecular formula is C9H15N5O2. The average Bonchev–Trinajstić information content (AvgIpc) is 3.00. The summed E-state index contributed by atoms with van der Waals surface area (Å²) in [5, 5.41) is 20.9. The average molecular weight is 225 g/mol. The number of carbonyl (C=O) groups is 1. The molecule has 1 unspecified atom stereocenters. The van der Waals surface area contributed by atoms with E-state index in [9.17, 15) is 9.90 Å². The first-order valence-corrected chi connectivity index (χ1v) is 5.25. The number of nitrogens with two attached hydrogens (primary N) is 1. The van der Waals surface area contributed by atoms with E-state index in [1.807, 2.05) is 0 Å². The first-order chi connectivity index (χ1) is 7.58. The number of hydrogen-bond donors (Lipinski definition) is 2. The van der Waals surface area contributed by atoms with Crippen molar-refractivity contribution in [3.8, 4) is 0 Å². The van der Waals surface area contributed by atoms with Crippen LogP contribution in [0.4, 0.5) is 0 Å². The number of carboxylic acids is 1. The lowest BCUT2D eigenvalue weighted by atomic mass is 9.79. The molecule has 16 heavy (non-hydrogen) atoms. The molecule has 1 atom stereocenters. The topological polar surface area (TPSA) is 107 Å². The third kappa shape index (κ3) is 1.78. The Morgan fingerprint density at radius 2 is 2.38 bits per heavy atom. The van der Waals surface area contributed by atoms with Crippen LogP contribution >= 0.6 is 0 Å². The predicted octanol–water partition coefficient (Wildman–Crippen LogP) is -0.808. The molecule has 1 fully saturated rings. The van der Waals surface area contributed by atoms with Gasteiger partial charge in [-0.15, -0.1) is 10.2 Å². The van der Waals surface area contributed by atoms with Gasteiger partial charge in [0.2, 0.25) is 0 Å². The van der Waals surface area contributed by atoms with Crippen molar-refractivity contribution in [1.82, 2.24) is 20.2 Å². The van der Waals surface area contributed by atoms with E-state index >= 15 is 0 Å². The number of tetrazole rings is 1. The van der Waals surface area contributed by atoms with Crippen molar-refractivity contribution in [2.75, 3.05) is 6.54 Å². The SMILES string of the molecule is Cn1nnc(CC(CN)(C(=O)O)C2CC2)n1. The van der Waals surface area contributed by atoms with Gasteiger partial charge in [0.15, 0.2) is 5.82 Å². The van der Waals surface area contributed by atoms with E-state index in [0.29, 0.717) is 5.82 Å². The highest BCUT2D eigenvalue weighted by Crippen LogP contribution is 2.46. The van der Waals surface area contributed by atoms with Crippen LogP contribution in [0.3, 0.4) is 0 Å². The van der Waals surface area contributed by atoms with E-state index in [-0.39, 0.29) is 18.9 Å². The maximum atomic E-state index is 11.4. The molecule has 1 saturated carbocycles. The number of hydrogen-bond acceptors (Lipinski definition) is 5. The van der Waals surface area contributed by atoms with E-state index in [1.54, 1.807) is 7.05 Å². The number of nitrogens with zero attached hydrogens (tertiary/aromatic N) is 4. The Labute approximate surface area is 92.6 Å². The molecule has 0 aliphatic heterocycles. The normalized spacial score (nSPS) is 19.4. The van der Waals surface area contributed by atoms with Crippen molar-refractivity contribution < 1.29 is 9.90 Å². The first kappa shape index (κ1) is 11.0. The van der Waals surface area contributed by atoms with Gasteiger partial charge >= 0.3 is 5.97 Å². The van der Waals surface area contributed by atoms with E-state index in [0.717, 1.165) is 12.8 Å². The van der Waals surface area contributed by atoms with Crippen molar-refractivity contribution in [2.24, 2.45) is 24.1 Å². The number of rotatable bonds is 5. The summed E-state index contributed by atoms with van der Waals surface area (Å²) in [7, 11) is 1.65. The number of aryl methyl sites for hydroxylation is 1. The Hall–Kier alpha value is -1.50. The summed E-state index contributed by atoms with van der Waals surface area (Å²) in [5.74, 6) is -0.258. The highest BCUT2D eigenvalue weighted by atomic mass is 16.4. The lowest BCUT2D eigenvalue weighted by molar-refractivity contribution is -0.149. The molecule has 0 aromatic carbocycles. The van der Waals surface area contributed by atoms with Crippen LogP contribution in [0.25, 0.3) is 0 Å². The second kappa shape index (κ2) is 3.82. The van der Waals surface area contributed by atoms with Crippen LogP contribution in [0.2, 0.25) is 0 Å². The molecule has 1 aromatic rings. The monoisotopic (exact) mass is 225 g/mol. The number of aliphatic carboxylic acids is 1. The number of aromatic nitrogens is 4. The van der Waals surface area contributed by atoms with Gasteiger partial charge in [0.25, 0.3) is 0 Å². The van der Waals surface area contributed by atoms with Crippen LogP contribution in [0, 0.1) is 11.3 Å². The molecule has 0 bridgehead atoms. The molecule has 7 nitrogen and oxygen atoms in total. The second-order valence-corrected chi connectivity index (χ2v) is 4.31. The van der Waals surface area contributed by atoms with Crippen LogP contribution in [-0.2, 0) is 18.3 Å². The Morgan fingerprint density at radius 1 is 1.69 bits per heavy atom. The molecule has 2 rings (SSSR count). The Kier molecular flexibility index (Phi) is 2.63. The van der Waals surface area contributed by atoms with Gasteiger partial charge in [-0.1, -0.05) is 0 Å². The molecule has 1 aliphatic carbocycles. The molecule has 1 heterocycles. The van der Waals surface area contributed by atoms with Crippen LogP contribution in [0.5, 0.6) is 0 Å². The van der Waals surface area contributed by atoms with Gasteiger partial charge in [0.1, 0.15) is 0 Å². The van der Waals surface area contributed by atoms with Crippen molar-refractivity contribution in [2.45, 2.75) is 19.3 Å². The molecule has 0 spiro atoms. The van der Waals surface area contributed by atoms with Crippen molar-refractivity contribution in [1.29, 1.82) is 0 Å². The maximum Gasteiger partial charge on any atom is 0.311 e. The quantitative estimate of drug-likeness (QED) is 0.678. The zero-order valence-electron chi connectivity index (χ0n) is 9.13. The molecule has 1 aliphatic rings. The van der Waals surface area contributed by atoms with Crippen molar-refractivity contribution in [3.63, 3.8) is 0 Å². The van der Waals surface area contributed by atoms with Gasteiger partial charge < -0.3 is 10.8 Å². The molecular weight excluding hydrogens is 210 g/mol. The van der Waals surface area contributed by atoms with Crippen LogP contribution in [0.15, 0.2) is 0 Å². The minimum atomic E-state index is -0.914. The fourth-order valence-corrected chi connectivity index (χ4v) is 2.03. The Balaban J connectivity index is 2.22. The molecule has 7 heteroatoms. The third-order valence-electron chi connectivity index (χ3n) is 3.17. The smallest absolute Gasteiger partial charge is 0.311 e. The van der Waals surface area contributed by atoms with E-state index < -0.39 is 11.4 Å². The summed E-state index contributed by atoms with van der Waals surface area (Å²) in [6, 6.07) is 0. The summed E-state index contributed by atoms with van der Waals surface area (Å²) in [6.07, 6.45) is 2.10.